The first-order valence-corrected chi connectivity index (χ1v) is 6.21. The van der Waals surface area contributed by atoms with Crippen molar-refractivity contribution >= 4 is 5.97 Å². The minimum Gasteiger partial charge on any atom is -0.469 e. The van der Waals surface area contributed by atoms with E-state index >= 15 is 0 Å². The van der Waals surface area contributed by atoms with Crippen LogP contribution in [0.5, 0.6) is 0 Å². The molecule has 0 spiro atoms. The Kier molecular flexibility index (Phi) is 4.91. The summed E-state index contributed by atoms with van der Waals surface area (Å²) >= 11 is 0. The minimum atomic E-state index is -0.823. The molecule has 0 amide bonds. The molecule has 1 N–H and O–H groups in total. The first-order valence-electron chi connectivity index (χ1n) is 6.21. The summed E-state index contributed by atoms with van der Waals surface area (Å²) in [5.41, 5.74) is 2.93. The van der Waals surface area contributed by atoms with Crippen molar-refractivity contribution in [2.45, 2.75) is 33.8 Å². The average molecular weight is 250 g/mol. The number of aliphatic hydroxyl groups is 1. The Morgan fingerprint density at radius 1 is 1.17 bits per heavy atom. The number of esters is 1. The highest BCUT2D eigenvalue weighted by atomic mass is 16.5. The van der Waals surface area contributed by atoms with Crippen LogP contribution in [0, 0.1) is 25.7 Å². The maximum atomic E-state index is 11.8. The molecular formula is C15H22O3. The molecule has 1 aromatic carbocycles. The van der Waals surface area contributed by atoms with Crippen LogP contribution in [-0.2, 0) is 9.53 Å². The van der Waals surface area contributed by atoms with Crippen LogP contribution in [0.1, 0.15) is 36.6 Å². The predicted octanol–water partition coefficient (Wildman–Crippen LogP) is 2.78. The molecule has 100 valence electrons. The van der Waals surface area contributed by atoms with E-state index in [-0.39, 0.29) is 11.9 Å². The molecule has 1 rings (SSSR count). The molecule has 0 saturated carbocycles. The van der Waals surface area contributed by atoms with E-state index in [4.69, 9.17) is 4.74 Å². The van der Waals surface area contributed by atoms with Crippen molar-refractivity contribution in [3.05, 3.63) is 34.9 Å². The molecule has 2 unspecified atom stereocenters. The number of methoxy groups -OCH3 is 1. The van der Waals surface area contributed by atoms with Crippen LogP contribution < -0.4 is 0 Å². The third-order valence-electron chi connectivity index (χ3n) is 3.12. The van der Waals surface area contributed by atoms with Gasteiger partial charge in [0.1, 0.15) is 0 Å². The number of carbonyl (C=O) groups excluding carboxylic acids is 1. The fourth-order valence-corrected chi connectivity index (χ4v) is 2.29. The lowest BCUT2D eigenvalue weighted by atomic mass is 9.85. The molecule has 0 heterocycles. The zero-order chi connectivity index (χ0) is 13.9. The van der Waals surface area contributed by atoms with E-state index in [1.54, 1.807) is 0 Å². The van der Waals surface area contributed by atoms with E-state index in [1.807, 2.05) is 45.9 Å². The highest BCUT2D eigenvalue weighted by molar-refractivity contribution is 5.73. The van der Waals surface area contributed by atoms with Gasteiger partial charge in [0.25, 0.3) is 0 Å². The van der Waals surface area contributed by atoms with Gasteiger partial charge in [0.05, 0.1) is 19.1 Å². The zero-order valence-electron chi connectivity index (χ0n) is 11.7. The van der Waals surface area contributed by atoms with Crippen LogP contribution >= 0.6 is 0 Å². The van der Waals surface area contributed by atoms with Gasteiger partial charge in [-0.2, -0.15) is 0 Å². The van der Waals surface area contributed by atoms with Gasteiger partial charge in [-0.05, 0) is 25.3 Å². The molecule has 1 aromatic rings. The van der Waals surface area contributed by atoms with Crippen molar-refractivity contribution < 1.29 is 14.6 Å². The molecule has 0 saturated heterocycles. The lowest BCUT2D eigenvalue weighted by Gasteiger charge is -2.24. The van der Waals surface area contributed by atoms with Crippen molar-refractivity contribution in [3.63, 3.8) is 0 Å². The summed E-state index contributed by atoms with van der Waals surface area (Å²) in [7, 11) is 1.35. The Balaban J connectivity index is 3.09. The summed E-state index contributed by atoms with van der Waals surface area (Å²) in [4.78, 5) is 11.8. The molecule has 0 fully saturated rings. The Hall–Kier alpha value is -1.35. The van der Waals surface area contributed by atoms with Crippen molar-refractivity contribution in [2.24, 2.45) is 11.8 Å². The zero-order valence-corrected chi connectivity index (χ0v) is 11.7. The lowest BCUT2D eigenvalue weighted by Crippen LogP contribution is -2.28. The van der Waals surface area contributed by atoms with Gasteiger partial charge in [0, 0.05) is 0 Å². The van der Waals surface area contributed by atoms with E-state index in [9.17, 15) is 9.90 Å². The molecule has 18 heavy (non-hydrogen) atoms. The third kappa shape index (κ3) is 3.33. The van der Waals surface area contributed by atoms with Gasteiger partial charge in [0.2, 0.25) is 0 Å². The molecule has 0 aliphatic heterocycles. The number of ether oxygens (including phenoxy) is 1. The monoisotopic (exact) mass is 250 g/mol. The number of rotatable bonds is 4. The number of aryl methyl sites for hydroxylation is 2. The van der Waals surface area contributed by atoms with Crippen LogP contribution in [0.15, 0.2) is 18.2 Å². The molecular weight excluding hydrogens is 228 g/mol. The summed E-state index contributed by atoms with van der Waals surface area (Å²) in [6, 6.07) is 5.87. The van der Waals surface area contributed by atoms with Crippen LogP contribution in [0.2, 0.25) is 0 Å². The van der Waals surface area contributed by atoms with Gasteiger partial charge >= 0.3 is 5.97 Å². The Labute approximate surface area is 109 Å². The molecule has 0 aliphatic rings. The topological polar surface area (TPSA) is 46.5 Å². The van der Waals surface area contributed by atoms with Crippen molar-refractivity contribution in [3.8, 4) is 0 Å². The molecule has 0 aliphatic carbocycles. The standard InChI is InChI=1S/C15H22O3/c1-9(2)13(15(17)18-5)14(16)12-7-10(3)6-11(4)8-12/h6-9,13-14,16H,1-5H3. The number of benzene rings is 1. The summed E-state index contributed by atoms with van der Waals surface area (Å²) < 4.78 is 4.78. The fourth-order valence-electron chi connectivity index (χ4n) is 2.29. The quantitative estimate of drug-likeness (QED) is 0.836. The van der Waals surface area contributed by atoms with E-state index in [1.165, 1.54) is 7.11 Å². The molecule has 3 heteroatoms. The highest BCUT2D eigenvalue weighted by Gasteiger charge is 2.31. The van der Waals surface area contributed by atoms with E-state index in [2.05, 4.69) is 0 Å². The van der Waals surface area contributed by atoms with Gasteiger partial charge in [-0.25, -0.2) is 0 Å². The second-order valence-electron chi connectivity index (χ2n) is 5.16. The van der Waals surface area contributed by atoms with Crippen LogP contribution in [0.4, 0.5) is 0 Å². The maximum Gasteiger partial charge on any atom is 0.311 e. The SMILES string of the molecule is COC(=O)C(C(C)C)C(O)c1cc(C)cc(C)c1. The van der Waals surface area contributed by atoms with Gasteiger partial charge < -0.3 is 9.84 Å². The summed E-state index contributed by atoms with van der Waals surface area (Å²) in [5, 5.41) is 10.4. The van der Waals surface area contributed by atoms with Crippen LogP contribution in [0.25, 0.3) is 0 Å². The van der Waals surface area contributed by atoms with E-state index < -0.39 is 12.0 Å². The van der Waals surface area contributed by atoms with Gasteiger partial charge in [-0.1, -0.05) is 43.2 Å². The Morgan fingerprint density at radius 3 is 2.06 bits per heavy atom. The molecule has 0 radical (unpaired) electrons. The summed E-state index contributed by atoms with van der Waals surface area (Å²) in [6.45, 7) is 7.78. The van der Waals surface area contributed by atoms with Gasteiger partial charge in [0.15, 0.2) is 0 Å². The molecule has 0 aromatic heterocycles. The first kappa shape index (κ1) is 14.7. The van der Waals surface area contributed by atoms with E-state index in [0.717, 1.165) is 16.7 Å². The second-order valence-corrected chi connectivity index (χ2v) is 5.16. The summed E-state index contributed by atoms with van der Waals surface area (Å²) in [5.74, 6) is -0.874. The largest absolute Gasteiger partial charge is 0.469 e. The molecule has 3 nitrogen and oxygen atoms in total. The predicted molar refractivity (Wildman–Crippen MR) is 71.2 cm³/mol. The second kappa shape index (κ2) is 6.01. The van der Waals surface area contributed by atoms with Crippen molar-refractivity contribution in [2.75, 3.05) is 7.11 Å². The van der Waals surface area contributed by atoms with Crippen molar-refractivity contribution in [1.29, 1.82) is 0 Å². The lowest BCUT2D eigenvalue weighted by molar-refractivity contribution is -0.152. The Morgan fingerprint density at radius 2 is 1.67 bits per heavy atom. The first-order chi connectivity index (χ1) is 8.36. The number of aliphatic hydroxyl groups excluding tert-OH is 1. The highest BCUT2D eigenvalue weighted by Crippen LogP contribution is 2.30. The van der Waals surface area contributed by atoms with Gasteiger partial charge in [-0.15, -0.1) is 0 Å². The fraction of sp³-hybridized carbons (Fsp3) is 0.533. The summed E-state index contributed by atoms with van der Waals surface area (Å²) in [6.07, 6.45) is -0.823. The maximum absolute atomic E-state index is 11.8. The van der Waals surface area contributed by atoms with Crippen molar-refractivity contribution in [1.82, 2.24) is 0 Å². The van der Waals surface area contributed by atoms with Crippen LogP contribution in [-0.4, -0.2) is 18.2 Å². The smallest absolute Gasteiger partial charge is 0.311 e. The number of carbonyl (C=O) groups is 1. The number of hydrogen-bond acceptors (Lipinski definition) is 3. The normalized spacial score (nSPS) is 14.4. The third-order valence-corrected chi connectivity index (χ3v) is 3.12. The van der Waals surface area contributed by atoms with Crippen LogP contribution in [0.3, 0.4) is 0 Å². The molecule has 2 atom stereocenters. The van der Waals surface area contributed by atoms with Gasteiger partial charge in [-0.3, -0.25) is 4.79 Å². The average Bonchev–Trinajstić information content (AvgIpc) is 2.26. The van der Waals surface area contributed by atoms with E-state index in [0.29, 0.717) is 0 Å². The Bertz CT molecular complexity index is 403. The molecule has 0 bridgehead atoms. The minimum absolute atomic E-state index is 0.0215. The number of hydrogen-bond donors (Lipinski definition) is 1.